The van der Waals surface area contributed by atoms with Gasteiger partial charge in [0.05, 0.1) is 13.2 Å². The fourth-order valence-electron chi connectivity index (χ4n) is 1.71. The zero-order chi connectivity index (χ0) is 9.03. The fraction of sp³-hybridized carbons (Fsp3) is 1.00. The molecule has 0 unspecified atom stereocenters. The molecule has 0 spiro atoms. The second kappa shape index (κ2) is 4.24. The van der Waals surface area contributed by atoms with Crippen LogP contribution in [0.5, 0.6) is 0 Å². The van der Waals surface area contributed by atoms with E-state index in [2.05, 4.69) is 20.8 Å². The van der Waals surface area contributed by atoms with E-state index in [1.807, 2.05) is 0 Å². The van der Waals surface area contributed by atoms with Crippen molar-refractivity contribution in [1.82, 2.24) is 0 Å². The number of hydrogen-bond donors (Lipinski definition) is 0. The first kappa shape index (κ1) is 10.0. The molecule has 0 aromatic rings. The quantitative estimate of drug-likeness (QED) is 0.651. The van der Waals surface area contributed by atoms with Crippen molar-refractivity contribution in [3.8, 4) is 0 Å². The van der Waals surface area contributed by atoms with Gasteiger partial charge in [-0.05, 0) is 6.42 Å². The van der Waals surface area contributed by atoms with E-state index < -0.39 is 0 Å². The second-order valence-electron chi connectivity index (χ2n) is 3.77. The van der Waals surface area contributed by atoms with Crippen LogP contribution in [0.4, 0.5) is 0 Å². The molecule has 0 bridgehead atoms. The van der Waals surface area contributed by atoms with Crippen LogP contribution < -0.4 is 0 Å². The standard InChI is InChI=1S/C10H20O2/c1-4-6-10(9(2)3)11-7-5-8-12-10/h9H,4-8H2,1-3H3. The smallest absolute Gasteiger partial charge is 0.170 e. The molecule has 0 aliphatic carbocycles. The molecule has 2 heteroatoms. The minimum absolute atomic E-state index is 0.271. The average molecular weight is 172 g/mol. The molecular formula is C10H20O2. The van der Waals surface area contributed by atoms with Crippen molar-refractivity contribution >= 4 is 0 Å². The molecule has 1 saturated heterocycles. The Balaban J connectivity index is 2.56. The van der Waals surface area contributed by atoms with Crippen LogP contribution >= 0.6 is 0 Å². The summed E-state index contributed by atoms with van der Waals surface area (Å²) in [5.41, 5.74) is 0. The SMILES string of the molecule is CCCC1(C(C)C)OCCCO1. The van der Waals surface area contributed by atoms with Crippen molar-refractivity contribution in [2.24, 2.45) is 5.92 Å². The predicted molar refractivity (Wildman–Crippen MR) is 49.0 cm³/mol. The van der Waals surface area contributed by atoms with Crippen LogP contribution in [0.15, 0.2) is 0 Å². The third kappa shape index (κ3) is 1.99. The first-order chi connectivity index (χ1) is 5.71. The van der Waals surface area contributed by atoms with E-state index in [0.717, 1.165) is 32.5 Å². The molecule has 1 fully saturated rings. The van der Waals surface area contributed by atoms with E-state index in [0.29, 0.717) is 5.92 Å². The van der Waals surface area contributed by atoms with Crippen molar-refractivity contribution < 1.29 is 9.47 Å². The van der Waals surface area contributed by atoms with Crippen LogP contribution in [0.2, 0.25) is 0 Å². The first-order valence-electron chi connectivity index (χ1n) is 4.99. The molecule has 2 nitrogen and oxygen atoms in total. The molecule has 1 heterocycles. The van der Waals surface area contributed by atoms with Gasteiger partial charge in [0.1, 0.15) is 0 Å². The molecular weight excluding hydrogens is 152 g/mol. The molecule has 0 N–H and O–H groups in total. The van der Waals surface area contributed by atoms with Crippen LogP contribution in [0.1, 0.15) is 40.0 Å². The number of rotatable bonds is 3. The molecule has 0 amide bonds. The Bertz CT molecular complexity index is 120. The summed E-state index contributed by atoms with van der Waals surface area (Å²) < 4.78 is 11.5. The molecule has 0 atom stereocenters. The van der Waals surface area contributed by atoms with E-state index in [1.54, 1.807) is 0 Å². The summed E-state index contributed by atoms with van der Waals surface area (Å²) in [4.78, 5) is 0. The van der Waals surface area contributed by atoms with Gasteiger partial charge in [0.2, 0.25) is 0 Å². The molecule has 0 saturated carbocycles. The molecule has 1 aliphatic heterocycles. The van der Waals surface area contributed by atoms with Gasteiger partial charge < -0.3 is 9.47 Å². The van der Waals surface area contributed by atoms with Gasteiger partial charge in [-0.15, -0.1) is 0 Å². The lowest BCUT2D eigenvalue weighted by Gasteiger charge is -2.40. The maximum absolute atomic E-state index is 5.75. The fourth-order valence-corrected chi connectivity index (χ4v) is 1.71. The number of ether oxygens (including phenoxy) is 2. The highest BCUT2D eigenvalue weighted by Gasteiger charge is 2.36. The average Bonchev–Trinajstić information content (AvgIpc) is 2.06. The Labute approximate surface area is 75.2 Å². The lowest BCUT2D eigenvalue weighted by atomic mass is 9.97. The predicted octanol–water partition coefficient (Wildman–Crippen LogP) is 2.58. The van der Waals surface area contributed by atoms with Crippen LogP contribution in [0.3, 0.4) is 0 Å². The Morgan fingerprint density at radius 2 is 1.83 bits per heavy atom. The van der Waals surface area contributed by atoms with Crippen molar-refractivity contribution in [2.45, 2.75) is 45.8 Å². The third-order valence-corrected chi connectivity index (χ3v) is 2.46. The molecule has 0 aromatic carbocycles. The van der Waals surface area contributed by atoms with Crippen LogP contribution in [-0.2, 0) is 9.47 Å². The van der Waals surface area contributed by atoms with Gasteiger partial charge >= 0.3 is 0 Å². The van der Waals surface area contributed by atoms with Crippen molar-refractivity contribution in [1.29, 1.82) is 0 Å². The summed E-state index contributed by atoms with van der Waals surface area (Å²) in [5.74, 6) is 0.185. The van der Waals surface area contributed by atoms with Gasteiger partial charge in [0, 0.05) is 12.3 Å². The molecule has 0 radical (unpaired) electrons. The van der Waals surface area contributed by atoms with Crippen LogP contribution in [0.25, 0.3) is 0 Å². The monoisotopic (exact) mass is 172 g/mol. The van der Waals surface area contributed by atoms with Crippen LogP contribution in [-0.4, -0.2) is 19.0 Å². The van der Waals surface area contributed by atoms with E-state index >= 15 is 0 Å². The maximum Gasteiger partial charge on any atom is 0.170 e. The minimum Gasteiger partial charge on any atom is -0.350 e. The van der Waals surface area contributed by atoms with Gasteiger partial charge in [0.25, 0.3) is 0 Å². The largest absolute Gasteiger partial charge is 0.350 e. The highest BCUT2D eigenvalue weighted by atomic mass is 16.7. The summed E-state index contributed by atoms with van der Waals surface area (Å²) in [5, 5.41) is 0. The van der Waals surface area contributed by atoms with E-state index in [-0.39, 0.29) is 5.79 Å². The highest BCUT2D eigenvalue weighted by molar-refractivity contribution is 4.76. The number of hydrogen-bond acceptors (Lipinski definition) is 2. The molecule has 0 aromatic heterocycles. The third-order valence-electron chi connectivity index (χ3n) is 2.46. The van der Waals surface area contributed by atoms with E-state index in [4.69, 9.17) is 9.47 Å². The van der Waals surface area contributed by atoms with Gasteiger partial charge in [-0.25, -0.2) is 0 Å². The van der Waals surface area contributed by atoms with Gasteiger partial charge in [0.15, 0.2) is 5.79 Å². The Morgan fingerprint density at radius 3 is 2.25 bits per heavy atom. The summed E-state index contributed by atoms with van der Waals surface area (Å²) in [7, 11) is 0. The highest BCUT2D eigenvalue weighted by Crippen LogP contribution is 2.31. The molecule has 1 aliphatic rings. The van der Waals surface area contributed by atoms with E-state index in [1.165, 1.54) is 0 Å². The lowest BCUT2D eigenvalue weighted by Crippen LogP contribution is -2.45. The first-order valence-corrected chi connectivity index (χ1v) is 4.99. The van der Waals surface area contributed by atoms with Crippen molar-refractivity contribution in [2.75, 3.05) is 13.2 Å². The maximum atomic E-state index is 5.75. The summed E-state index contributed by atoms with van der Waals surface area (Å²) in [6.07, 6.45) is 3.18. The summed E-state index contributed by atoms with van der Waals surface area (Å²) in [6.45, 7) is 8.23. The van der Waals surface area contributed by atoms with E-state index in [9.17, 15) is 0 Å². The molecule has 12 heavy (non-hydrogen) atoms. The van der Waals surface area contributed by atoms with Gasteiger partial charge in [-0.1, -0.05) is 27.2 Å². The minimum atomic E-state index is -0.271. The topological polar surface area (TPSA) is 18.5 Å². The lowest BCUT2D eigenvalue weighted by molar-refractivity contribution is -0.292. The van der Waals surface area contributed by atoms with Crippen LogP contribution in [0, 0.1) is 5.92 Å². The zero-order valence-corrected chi connectivity index (χ0v) is 8.43. The normalized spacial score (nSPS) is 23.0. The Morgan fingerprint density at radius 1 is 1.25 bits per heavy atom. The summed E-state index contributed by atoms with van der Waals surface area (Å²) in [6, 6.07) is 0. The Kier molecular flexibility index (Phi) is 3.53. The van der Waals surface area contributed by atoms with Gasteiger partial charge in [-0.3, -0.25) is 0 Å². The Hall–Kier alpha value is -0.0800. The molecule has 1 rings (SSSR count). The van der Waals surface area contributed by atoms with Gasteiger partial charge in [-0.2, -0.15) is 0 Å². The summed E-state index contributed by atoms with van der Waals surface area (Å²) >= 11 is 0. The molecule has 72 valence electrons. The second-order valence-corrected chi connectivity index (χ2v) is 3.77. The van der Waals surface area contributed by atoms with Crippen molar-refractivity contribution in [3.05, 3.63) is 0 Å². The zero-order valence-electron chi connectivity index (χ0n) is 8.43. The van der Waals surface area contributed by atoms with Crippen molar-refractivity contribution in [3.63, 3.8) is 0 Å².